The molecular weight excluding hydrogens is 360 g/mol. The summed E-state index contributed by atoms with van der Waals surface area (Å²) in [4.78, 5) is 39.1. The second-order valence-corrected chi connectivity index (χ2v) is 7.69. The Morgan fingerprint density at radius 2 is 2.07 bits per heavy atom. The Morgan fingerprint density at radius 3 is 2.89 bits per heavy atom. The predicted molar refractivity (Wildman–Crippen MR) is 103 cm³/mol. The second kappa shape index (κ2) is 5.57. The van der Waals surface area contributed by atoms with Crippen molar-refractivity contribution in [3.63, 3.8) is 0 Å². The molecule has 9 heteroatoms. The van der Waals surface area contributed by atoms with Crippen LogP contribution in [0.5, 0.6) is 5.75 Å². The summed E-state index contributed by atoms with van der Waals surface area (Å²) in [5, 5.41) is 3.02. The van der Waals surface area contributed by atoms with E-state index in [-0.39, 0.29) is 17.7 Å². The molecule has 3 aromatic rings. The van der Waals surface area contributed by atoms with Gasteiger partial charge >= 0.3 is 5.69 Å². The highest BCUT2D eigenvalue weighted by Crippen LogP contribution is 2.33. The van der Waals surface area contributed by atoms with Crippen LogP contribution in [0.3, 0.4) is 0 Å². The molecule has 0 saturated heterocycles. The van der Waals surface area contributed by atoms with Crippen LogP contribution in [0, 0.1) is 0 Å². The van der Waals surface area contributed by atoms with Gasteiger partial charge < -0.3 is 15.0 Å². The molecular formula is C19H20N6O3. The fraction of sp³-hybridized carbons (Fsp3) is 0.368. The molecule has 5 heterocycles. The van der Waals surface area contributed by atoms with E-state index in [0.717, 1.165) is 0 Å². The fourth-order valence-electron chi connectivity index (χ4n) is 3.91. The van der Waals surface area contributed by atoms with Crippen molar-refractivity contribution in [3.8, 4) is 11.6 Å². The van der Waals surface area contributed by atoms with E-state index in [1.165, 1.54) is 4.57 Å². The Kier molecular flexibility index (Phi) is 3.34. The first-order valence-corrected chi connectivity index (χ1v) is 9.23. The van der Waals surface area contributed by atoms with Gasteiger partial charge in [0.2, 0.25) is 0 Å². The summed E-state index contributed by atoms with van der Waals surface area (Å²) in [5.41, 5.74) is 0.491. The number of hydrogen-bond donors (Lipinski definition) is 2. The number of pyridine rings is 2. The first kappa shape index (κ1) is 16.8. The van der Waals surface area contributed by atoms with Crippen molar-refractivity contribution >= 4 is 22.9 Å². The second-order valence-electron chi connectivity index (χ2n) is 7.69. The molecule has 5 rings (SSSR count). The first-order valence-electron chi connectivity index (χ1n) is 9.23. The van der Waals surface area contributed by atoms with Crippen molar-refractivity contribution in [1.82, 2.24) is 24.8 Å². The van der Waals surface area contributed by atoms with Crippen molar-refractivity contribution in [2.45, 2.75) is 39.0 Å². The van der Waals surface area contributed by atoms with E-state index in [1.54, 1.807) is 24.4 Å². The van der Waals surface area contributed by atoms with Crippen LogP contribution >= 0.6 is 0 Å². The lowest BCUT2D eigenvalue weighted by molar-refractivity contribution is 0.0895. The minimum Gasteiger partial charge on any atom is -0.488 e. The normalized spacial score (nSPS) is 20.3. The van der Waals surface area contributed by atoms with Gasteiger partial charge in [-0.3, -0.25) is 9.78 Å². The third-order valence-electron chi connectivity index (χ3n) is 5.31. The Morgan fingerprint density at radius 1 is 1.25 bits per heavy atom. The molecule has 0 aromatic carbocycles. The third kappa shape index (κ3) is 2.32. The molecule has 9 nitrogen and oxygen atoms in total. The van der Waals surface area contributed by atoms with Gasteiger partial charge in [-0.05, 0) is 32.9 Å². The number of aromatic nitrogens is 4. The summed E-state index contributed by atoms with van der Waals surface area (Å²) >= 11 is 0. The van der Waals surface area contributed by atoms with E-state index >= 15 is 0 Å². The number of rotatable bonds is 0. The highest BCUT2D eigenvalue weighted by atomic mass is 16.5. The predicted octanol–water partition coefficient (Wildman–Crippen LogP) is 1.57. The molecule has 2 aliphatic rings. The number of amides is 1. The van der Waals surface area contributed by atoms with Crippen LogP contribution in [0.25, 0.3) is 17.0 Å². The molecule has 0 saturated carbocycles. The van der Waals surface area contributed by atoms with Crippen LogP contribution in [0.1, 0.15) is 37.6 Å². The molecule has 1 unspecified atom stereocenters. The van der Waals surface area contributed by atoms with Gasteiger partial charge in [0.15, 0.2) is 5.65 Å². The van der Waals surface area contributed by atoms with Gasteiger partial charge in [0.25, 0.3) is 5.91 Å². The van der Waals surface area contributed by atoms with E-state index in [4.69, 9.17) is 9.72 Å². The summed E-state index contributed by atoms with van der Waals surface area (Å²) in [6.45, 7) is 6.50. The van der Waals surface area contributed by atoms with Gasteiger partial charge in [-0.1, -0.05) is 0 Å². The standard InChI is InChI=1S/C19H20N6O3/c1-10-7-9-24-16-11(17(26)23-19(24,2)3)4-5-13(21-16)25-14-12(28-10)6-8-20-15(14)22-18(25)27/h4-6,8,10H,7,9H2,1-3H3,(H,23,26)(H,20,22,27). The average molecular weight is 380 g/mol. The van der Waals surface area contributed by atoms with Gasteiger partial charge in [-0.15, -0.1) is 0 Å². The van der Waals surface area contributed by atoms with Crippen LogP contribution in [0.15, 0.2) is 29.2 Å². The number of aromatic amines is 1. The molecule has 0 radical (unpaired) electrons. The molecule has 0 aliphatic carbocycles. The van der Waals surface area contributed by atoms with Crippen molar-refractivity contribution in [2.24, 2.45) is 0 Å². The van der Waals surface area contributed by atoms with Gasteiger partial charge in [0.05, 0.1) is 11.7 Å². The Balaban J connectivity index is 1.85. The molecule has 2 bridgehead atoms. The number of carbonyl (C=O) groups excluding carboxylic acids is 1. The highest BCUT2D eigenvalue weighted by Gasteiger charge is 2.38. The molecule has 1 amide bonds. The Hall–Kier alpha value is -3.36. The molecule has 1 atom stereocenters. The molecule has 28 heavy (non-hydrogen) atoms. The zero-order valence-corrected chi connectivity index (χ0v) is 15.8. The number of hydrogen-bond acceptors (Lipinski definition) is 6. The van der Waals surface area contributed by atoms with E-state index in [0.29, 0.717) is 47.1 Å². The molecule has 3 aromatic heterocycles. The van der Waals surface area contributed by atoms with Crippen LogP contribution in [-0.4, -0.2) is 43.7 Å². The highest BCUT2D eigenvalue weighted by molar-refractivity contribution is 6.01. The number of H-pyrrole nitrogens is 1. The molecule has 0 spiro atoms. The number of carbonyl (C=O) groups is 1. The smallest absolute Gasteiger partial charge is 0.333 e. The number of anilines is 1. The van der Waals surface area contributed by atoms with Crippen LogP contribution < -0.4 is 20.6 Å². The van der Waals surface area contributed by atoms with Gasteiger partial charge in [-0.25, -0.2) is 19.3 Å². The minimum atomic E-state index is -0.615. The van der Waals surface area contributed by atoms with Crippen molar-refractivity contribution in [1.29, 1.82) is 0 Å². The lowest BCUT2D eigenvalue weighted by atomic mass is 10.0. The number of ether oxygens (including phenoxy) is 1. The third-order valence-corrected chi connectivity index (χ3v) is 5.31. The molecule has 2 N–H and O–H groups in total. The van der Waals surface area contributed by atoms with Crippen molar-refractivity contribution in [3.05, 3.63) is 40.4 Å². The largest absolute Gasteiger partial charge is 0.488 e. The van der Waals surface area contributed by atoms with Crippen LogP contribution in [0.4, 0.5) is 5.82 Å². The average Bonchev–Trinajstić information content (AvgIpc) is 2.96. The lowest BCUT2D eigenvalue weighted by Gasteiger charge is -2.44. The number of imidazole rings is 1. The monoisotopic (exact) mass is 380 g/mol. The maximum absolute atomic E-state index is 12.7. The number of fused-ring (bicyclic) bond motifs is 2. The summed E-state index contributed by atoms with van der Waals surface area (Å²) < 4.78 is 7.61. The maximum Gasteiger partial charge on any atom is 0.333 e. The maximum atomic E-state index is 12.7. The van der Waals surface area contributed by atoms with Crippen LogP contribution in [-0.2, 0) is 0 Å². The van der Waals surface area contributed by atoms with Gasteiger partial charge in [-0.2, -0.15) is 0 Å². The van der Waals surface area contributed by atoms with Crippen molar-refractivity contribution in [2.75, 3.05) is 11.4 Å². The number of nitrogens with one attached hydrogen (secondary N) is 2. The topological polar surface area (TPSA) is 105 Å². The minimum absolute atomic E-state index is 0.113. The summed E-state index contributed by atoms with van der Waals surface area (Å²) in [5.74, 6) is 1.37. The first-order chi connectivity index (χ1) is 13.3. The summed E-state index contributed by atoms with van der Waals surface area (Å²) in [6, 6.07) is 5.13. The van der Waals surface area contributed by atoms with Crippen molar-refractivity contribution < 1.29 is 9.53 Å². The zero-order chi connectivity index (χ0) is 19.6. The number of nitrogens with zero attached hydrogens (tertiary/aromatic N) is 4. The van der Waals surface area contributed by atoms with E-state index in [2.05, 4.69) is 20.2 Å². The summed E-state index contributed by atoms with van der Waals surface area (Å²) in [7, 11) is 0. The van der Waals surface area contributed by atoms with E-state index in [1.807, 2.05) is 20.8 Å². The van der Waals surface area contributed by atoms with E-state index in [9.17, 15) is 9.59 Å². The molecule has 2 aliphatic heterocycles. The molecule has 144 valence electrons. The SMILES string of the molecule is CC1CCN2c3nc(ccc3C(=O)NC2(C)C)-n2c(=O)[nH]c3nccc(c32)O1. The van der Waals surface area contributed by atoms with Gasteiger partial charge in [0.1, 0.15) is 28.6 Å². The quantitative estimate of drug-likeness (QED) is 0.613. The van der Waals surface area contributed by atoms with Crippen LogP contribution in [0.2, 0.25) is 0 Å². The summed E-state index contributed by atoms with van der Waals surface area (Å²) in [6.07, 6.45) is 2.21. The fourth-order valence-corrected chi connectivity index (χ4v) is 3.91. The Bertz CT molecular complexity index is 1180. The van der Waals surface area contributed by atoms with Gasteiger partial charge in [0, 0.05) is 25.2 Å². The molecule has 0 fully saturated rings. The lowest BCUT2D eigenvalue weighted by Crippen LogP contribution is -2.61. The van der Waals surface area contributed by atoms with E-state index < -0.39 is 5.66 Å². The Labute approximate surface area is 160 Å². The zero-order valence-electron chi connectivity index (χ0n) is 15.8.